The Kier molecular flexibility index (Phi) is 7.36. The summed E-state index contributed by atoms with van der Waals surface area (Å²) in [4.78, 5) is 47.2. The molecule has 0 bridgehead atoms. The van der Waals surface area contributed by atoms with E-state index in [2.05, 4.69) is 20.8 Å². The first-order valence-corrected chi connectivity index (χ1v) is 13.6. The van der Waals surface area contributed by atoms with Crippen molar-refractivity contribution in [3.8, 4) is 0 Å². The molecule has 0 amide bonds. The standard InChI is InChI=1S/C28H42O7/c1-16(4-7-23(30)31)19-5-6-20-26-21(11-13-28(19,20)3)27(2)12-10-18(29)14-17(27)15-22(26)35-25(34)9-8-24(32)33/h16-17,19-22,26H,4-15H2,1-3H3,(H,30,31)(H,32,33)/t16-,17?,19-,20+,21+,22+,26+,27+,28-/m1/s1. The van der Waals surface area contributed by atoms with E-state index in [9.17, 15) is 24.3 Å². The molecule has 4 rings (SSSR count). The zero-order valence-corrected chi connectivity index (χ0v) is 21.5. The van der Waals surface area contributed by atoms with E-state index < -0.39 is 17.9 Å². The molecule has 1 unspecified atom stereocenters. The first-order valence-electron chi connectivity index (χ1n) is 13.6. The number of carboxylic acids is 2. The van der Waals surface area contributed by atoms with Crippen molar-refractivity contribution in [3.63, 3.8) is 0 Å². The predicted molar refractivity (Wildman–Crippen MR) is 128 cm³/mol. The Morgan fingerprint density at radius 2 is 1.66 bits per heavy atom. The Labute approximate surface area is 208 Å². The van der Waals surface area contributed by atoms with Crippen LogP contribution in [0.25, 0.3) is 0 Å². The maximum atomic E-state index is 12.7. The third-order valence-corrected chi connectivity index (χ3v) is 10.9. The van der Waals surface area contributed by atoms with E-state index >= 15 is 0 Å². The molecule has 9 atom stereocenters. The topological polar surface area (TPSA) is 118 Å². The highest BCUT2D eigenvalue weighted by Crippen LogP contribution is 2.68. The lowest BCUT2D eigenvalue weighted by Gasteiger charge is -2.62. The molecule has 7 heteroatoms. The molecule has 0 radical (unpaired) electrons. The van der Waals surface area contributed by atoms with E-state index in [1.54, 1.807) is 0 Å². The lowest BCUT2D eigenvalue weighted by Crippen LogP contribution is -2.59. The average Bonchev–Trinajstić information content (AvgIpc) is 3.14. The molecule has 4 saturated carbocycles. The molecule has 7 nitrogen and oxygen atoms in total. The first-order chi connectivity index (χ1) is 16.5. The van der Waals surface area contributed by atoms with E-state index in [4.69, 9.17) is 9.84 Å². The van der Waals surface area contributed by atoms with Crippen molar-refractivity contribution < 1.29 is 34.1 Å². The summed E-state index contributed by atoms with van der Waals surface area (Å²) in [6.45, 7) is 6.93. The van der Waals surface area contributed by atoms with Gasteiger partial charge in [0.25, 0.3) is 0 Å². The molecular formula is C28H42O7. The zero-order chi connectivity index (χ0) is 25.5. The van der Waals surface area contributed by atoms with Gasteiger partial charge in [0.2, 0.25) is 0 Å². The number of fused-ring (bicyclic) bond motifs is 5. The summed E-state index contributed by atoms with van der Waals surface area (Å²) in [5, 5.41) is 18.2. The second-order valence-electron chi connectivity index (χ2n) is 12.5. The monoisotopic (exact) mass is 490 g/mol. The minimum atomic E-state index is -1.01. The van der Waals surface area contributed by atoms with Crippen molar-refractivity contribution in [2.75, 3.05) is 0 Å². The number of ketones is 1. The summed E-state index contributed by atoms with van der Waals surface area (Å²) in [5.41, 5.74) is 0.148. The Balaban J connectivity index is 1.60. The van der Waals surface area contributed by atoms with Crippen LogP contribution in [-0.4, -0.2) is 40.0 Å². The van der Waals surface area contributed by atoms with Crippen LogP contribution in [0.15, 0.2) is 0 Å². The number of esters is 1. The van der Waals surface area contributed by atoms with Crippen LogP contribution in [0.3, 0.4) is 0 Å². The quantitative estimate of drug-likeness (QED) is 0.454. The van der Waals surface area contributed by atoms with Crippen LogP contribution in [0.2, 0.25) is 0 Å². The molecule has 0 aromatic rings. The molecule has 0 spiro atoms. The number of ether oxygens (including phenoxy) is 1. The molecule has 0 aromatic heterocycles. The van der Waals surface area contributed by atoms with Crippen LogP contribution >= 0.6 is 0 Å². The molecule has 0 heterocycles. The van der Waals surface area contributed by atoms with Crippen LogP contribution in [0.4, 0.5) is 0 Å². The van der Waals surface area contributed by atoms with Crippen molar-refractivity contribution in [1.29, 1.82) is 0 Å². The fourth-order valence-electron chi connectivity index (χ4n) is 9.07. The largest absolute Gasteiger partial charge is 0.481 e. The smallest absolute Gasteiger partial charge is 0.306 e. The van der Waals surface area contributed by atoms with Gasteiger partial charge in [-0.3, -0.25) is 19.2 Å². The number of hydrogen-bond acceptors (Lipinski definition) is 5. The Hall–Kier alpha value is -1.92. The van der Waals surface area contributed by atoms with Gasteiger partial charge in [-0.2, -0.15) is 0 Å². The third-order valence-electron chi connectivity index (χ3n) is 10.9. The Bertz CT molecular complexity index is 867. The Morgan fingerprint density at radius 3 is 2.34 bits per heavy atom. The van der Waals surface area contributed by atoms with Gasteiger partial charge in [-0.05, 0) is 85.4 Å². The highest BCUT2D eigenvalue weighted by atomic mass is 16.5. The predicted octanol–water partition coefficient (Wildman–Crippen LogP) is 5.10. The maximum absolute atomic E-state index is 12.7. The van der Waals surface area contributed by atoms with Crippen LogP contribution in [0.5, 0.6) is 0 Å². The van der Waals surface area contributed by atoms with Crippen molar-refractivity contribution in [3.05, 3.63) is 0 Å². The summed E-state index contributed by atoms with van der Waals surface area (Å²) >= 11 is 0. The van der Waals surface area contributed by atoms with Gasteiger partial charge in [0.05, 0.1) is 12.8 Å². The van der Waals surface area contributed by atoms with Gasteiger partial charge in [-0.15, -0.1) is 0 Å². The minimum absolute atomic E-state index is 0.0664. The van der Waals surface area contributed by atoms with Gasteiger partial charge in [-0.1, -0.05) is 20.8 Å². The lowest BCUT2D eigenvalue weighted by molar-refractivity contribution is -0.191. The minimum Gasteiger partial charge on any atom is -0.481 e. The van der Waals surface area contributed by atoms with Gasteiger partial charge < -0.3 is 14.9 Å². The van der Waals surface area contributed by atoms with Crippen LogP contribution in [-0.2, 0) is 23.9 Å². The number of carbonyl (C=O) groups excluding carboxylic acids is 2. The van der Waals surface area contributed by atoms with E-state index in [0.717, 1.165) is 32.1 Å². The molecule has 4 aliphatic rings. The van der Waals surface area contributed by atoms with Crippen LogP contribution < -0.4 is 0 Å². The molecule has 4 fully saturated rings. The molecule has 0 aliphatic heterocycles. The number of aliphatic carboxylic acids is 2. The fraction of sp³-hybridized carbons (Fsp3) is 0.857. The van der Waals surface area contributed by atoms with Gasteiger partial charge in [0.1, 0.15) is 11.9 Å². The van der Waals surface area contributed by atoms with Crippen molar-refractivity contribution in [2.24, 2.45) is 46.3 Å². The van der Waals surface area contributed by atoms with E-state index in [1.807, 2.05) is 0 Å². The lowest BCUT2D eigenvalue weighted by atomic mass is 9.43. The summed E-state index contributed by atoms with van der Waals surface area (Å²) in [6.07, 6.45) is 7.30. The summed E-state index contributed by atoms with van der Waals surface area (Å²) in [6, 6.07) is 0. The van der Waals surface area contributed by atoms with Crippen LogP contribution in [0.1, 0.15) is 97.8 Å². The van der Waals surface area contributed by atoms with Gasteiger partial charge in [0.15, 0.2) is 0 Å². The molecule has 0 saturated heterocycles. The highest BCUT2D eigenvalue weighted by Gasteiger charge is 2.63. The SMILES string of the molecule is C[C@H](CCC(=O)O)[C@H]1CC[C@H]2[C@@H]3[C@@H](OC(=O)CCC(=O)O)CC4CC(=O)CC[C@]4(C)[C@H]3CC[C@]12C. The summed E-state index contributed by atoms with van der Waals surface area (Å²) in [7, 11) is 0. The van der Waals surface area contributed by atoms with Crippen molar-refractivity contribution in [2.45, 2.75) is 104 Å². The van der Waals surface area contributed by atoms with Gasteiger partial charge in [0, 0.05) is 25.2 Å². The number of hydrogen-bond donors (Lipinski definition) is 2. The normalized spacial score (nSPS) is 41.3. The number of Topliss-reactive ketones (excluding diaryl/α,β-unsaturated/α-hetero) is 1. The van der Waals surface area contributed by atoms with E-state index in [0.29, 0.717) is 55.1 Å². The second-order valence-corrected chi connectivity index (χ2v) is 12.5. The molecule has 4 aliphatic carbocycles. The number of carbonyl (C=O) groups is 4. The van der Waals surface area contributed by atoms with Crippen molar-refractivity contribution in [1.82, 2.24) is 0 Å². The van der Waals surface area contributed by atoms with Crippen molar-refractivity contribution >= 4 is 23.7 Å². The summed E-state index contributed by atoms with van der Waals surface area (Å²) in [5.74, 6) is 0.0908. The molecule has 2 N–H and O–H groups in total. The average molecular weight is 491 g/mol. The first kappa shape index (κ1) is 26.2. The zero-order valence-electron chi connectivity index (χ0n) is 21.5. The number of rotatable bonds is 8. The number of carboxylic acid groups (broad SMARTS) is 2. The van der Waals surface area contributed by atoms with Crippen LogP contribution in [0, 0.1) is 46.3 Å². The molecule has 0 aromatic carbocycles. The summed E-state index contributed by atoms with van der Waals surface area (Å²) < 4.78 is 6.08. The third kappa shape index (κ3) is 4.89. The van der Waals surface area contributed by atoms with Gasteiger partial charge >= 0.3 is 17.9 Å². The van der Waals surface area contributed by atoms with E-state index in [1.165, 1.54) is 0 Å². The molecular weight excluding hydrogens is 448 g/mol. The van der Waals surface area contributed by atoms with E-state index in [-0.39, 0.29) is 48.0 Å². The fourth-order valence-corrected chi connectivity index (χ4v) is 9.07. The molecule has 35 heavy (non-hydrogen) atoms. The molecule has 196 valence electrons. The second kappa shape index (κ2) is 9.85. The Morgan fingerprint density at radius 1 is 0.971 bits per heavy atom. The van der Waals surface area contributed by atoms with Gasteiger partial charge in [-0.25, -0.2) is 0 Å². The highest BCUT2D eigenvalue weighted by molar-refractivity contribution is 5.80. The maximum Gasteiger partial charge on any atom is 0.306 e.